The van der Waals surface area contributed by atoms with Gasteiger partial charge in [0.25, 0.3) is 0 Å². The summed E-state index contributed by atoms with van der Waals surface area (Å²) in [6.45, 7) is 2.15. The SMILES string of the molecule is CCCCCSC1=NC(O)=C2c3ccccc3N[C@H](C3=CC(=O)C(=O)C=C3)N2N1. The first-order chi connectivity index (χ1) is 14.1. The highest BCUT2D eigenvalue weighted by Gasteiger charge is 2.37. The molecular formula is C21H22N4O3S. The molecule has 1 atom stereocenters. The van der Waals surface area contributed by atoms with E-state index in [4.69, 9.17) is 0 Å². The smallest absolute Gasteiger partial charge is 0.240 e. The molecule has 3 aliphatic rings. The summed E-state index contributed by atoms with van der Waals surface area (Å²) in [5.41, 5.74) is 6.04. The maximum absolute atomic E-state index is 12.0. The Morgan fingerprint density at radius 3 is 2.79 bits per heavy atom. The quantitative estimate of drug-likeness (QED) is 0.389. The summed E-state index contributed by atoms with van der Waals surface area (Å²) < 4.78 is 0. The van der Waals surface area contributed by atoms with Crippen LogP contribution in [0.5, 0.6) is 0 Å². The average Bonchev–Trinajstić information content (AvgIpc) is 2.72. The van der Waals surface area contributed by atoms with E-state index in [9.17, 15) is 14.7 Å². The lowest BCUT2D eigenvalue weighted by Crippen LogP contribution is -2.55. The summed E-state index contributed by atoms with van der Waals surface area (Å²) >= 11 is 1.54. The number of thioether (sulfide) groups is 1. The van der Waals surface area contributed by atoms with Crippen LogP contribution in [0.15, 0.2) is 58.9 Å². The molecule has 0 saturated carbocycles. The van der Waals surface area contributed by atoms with Crippen LogP contribution >= 0.6 is 11.8 Å². The zero-order valence-corrected chi connectivity index (χ0v) is 16.8. The third-order valence-electron chi connectivity index (χ3n) is 4.88. The van der Waals surface area contributed by atoms with Crippen LogP contribution in [0.1, 0.15) is 31.7 Å². The number of nitrogens with one attached hydrogen (secondary N) is 2. The molecule has 0 amide bonds. The number of carbonyl (C=O) groups excluding carboxylic acids is 2. The predicted octanol–water partition coefficient (Wildman–Crippen LogP) is 3.36. The molecule has 1 aliphatic carbocycles. The third-order valence-corrected chi connectivity index (χ3v) is 5.83. The maximum atomic E-state index is 12.0. The van der Waals surface area contributed by atoms with E-state index in [1.165, 1.54) is 12.2 Å². The van der Waals surface area contributed by atoms with Gasteiger partial charge in [-0.15, -0.1) is 0 Å². The molecule has 0 aromatic heterocycles. The topological polar surface area (TPSA) is 94.0 Å². The van der Waals surface area contributed by atoms with E-state index in [1.807, 2.05) is 24.3 Å². The van der Waals surface area contributed by atoms with Crippen LogP contribution in [0.3, 0.4) is 0 Å². The van der Waals surface area contributed by atoms with Crippen molar-refractivity contribution in [1.29, 1.82) is 0 Å². The van der Waals surface area contributed by atoms with Gasteiger partial charge < -0.3 is 10.4 Å². The largest absolute Gasteiger partial charge is 0.492 e. The van der Waals surface area contributed by atoms with Crippen LogP contribution in [0.4, 0.5) is 5.69 Å². The minimum absolute atomic E-state index is 0.0801. The number of amidine groups is 1. The molecule has 3 N–H and O–H groups in total. The van der Waals surface area contributed by atoms with Gasteiger partial charge in [-0.25, -0.2) is 0 Å². The third kappa shape index (κ3) is 3.80. The first-order valence-electron chi connectivity index (χ1n) is 9.63. The van der Waals surface area contributed by atoms with E-state index in [-0.39, 0.29) is 5.88 Å². The number of carbonyl (C=O) groups is 2. The fourth-order valence-corrected chi connectivity index (χ4v) is 4.28. The van der Waals surface area contributed by atoms with E-state index in [1.54, 1.807) is 22.8 Å². The van der Waals surface area contributed by atoms with Crippen molar-refractivity contribution < 1.29 is 14.7 Å². The number of anilines is 1. The number of aliphatic hydroxyl groups is 1. The Balaban J connectivity index is 1.70. The molecule has 0 spiro atoms. The fraction of sp³-hybridized carbons (Fsp3) is 0.286. The molecule has 1 aromatic rings. The number of hydrogen-bond donors (Lipinski definition) is 3. The van der Waals surface area contributed by atoms with Gasteiger partial charge >= 0.3 is 0 Å². The Morgan fingerprint density at radius 2 is 2.00 bits per heavy atom. The number of hydrogen-bond acceptors (Lipinski definition) is 8. The second kappa shape index (κ2) is 8.16. The number of allylic oxidation sites excluding steroid dienone is 2. The van der Waals surface area contributed by atoms with E-state index in [0.717, 1.165) is 36.3 Å². The lowest BCUT2D eigenvalue weighted by atomic mass is 9.98. The number of nitrogens with zero attached hydrogens (tertiary/aromatic N) is 2. The highest BCUT2D eigenvalue weighted by atomic mass is 32.2. The van der Waals surface area contributed by atoms with Gasteiger partial charge in [-0.2, -0.15) is 4.99 Å². The van der Waals surface area contributed by atoms with Crippen molar-refractivity contribution >= 4 is 39.9 Å². The number of para-hydroxylation sites is 1. The summed E-state index contributed by atoms with van der Waals surface area (Å²) in [7, 11) is 0. The Bertz CT molecular complexity index is 980. The van der Waals surface area contributed by atoms with Gasteiger partial charge in [0, 0.05) is 22.6 Å². The van der Waals surface area contributed by atoms with Crippen molar-refractivity contribution in [2.45, 2.75) is 32.4 Å². The normalized spacial score (nSPS) is 20.4. The van der Waals surface area contributed by atoms with Crippen molar-refractivity contribution in [3.63, 3.8) is 0 Å². The van der Waals surface area contributed by atoms with Gasteiger partial charge in [0.15, 0.2) is 5.17 Å². The monoisotopic (exact) mass is 410 g/mol. The Kier molecular flexibility index (Phi) is 5.44. The number of rotatable bonds is 5. The van der Waals surface area contributed by atoms with Crippen molar-refractivity contribution in [2.75, 3.05) is 11.1 Å². The molecule has 7 nitrogen and oxygen atoms in total. The predicted molar refractivity (Wildman–Crippen MR) is 115 cm³/mol. The first kappa shape index (κ1) is 19.3. The zero-order valence-electron chi connectivity index (χ0n) is 16.0. The first-order valence-corrected chi connectivity index (χ1v) is 10.6. The maximum Gasteiger partial charge on any atom is 0.240 e. The van der Waals surface area contributed by atoms with Crippen LogP contribution in [0.2, 0.25) is 0 Å². The molecule has 0 saturated heterocycles. The Hall–Kier alpha value is -3.00. The van der Waals surface area contributed by atoms with E-state index < -0.39 is 17.7 Å². The van der Waals surface area contributed by atoms with Gasteiger partial charge in [0.05, 0.1) is 0 Å². The summed E-state index contributed by atoms with van der Waals surface area (Å²) in [4.78, 5) is 27.9. The summed E-state index contributed by atoms with van der Waals surface area (Å²) in [6, 6.07) is 7.58. The molecule has 150 valence electrons. The van der Waals surface area contributed by atoms with Crippen LogP contribution in [-0.2, 0) is 9.59 Å². The van der Waals surface area contributed by atoms with Crippen molar-refractivity contribution in [2.24, 2.45) is 4.99 Å². The molecule has 0 fully saturated rings. The minimum atomic E-state index is -0.558. The van der Waals surface area contributed by atoms with Crippen molar-refractivity contribution in [3.8, 4) is 0 Å². The minimum Gasteiger partial charge on any atom is -0.492 e. The second-order valence-corrected chi connectivity index (χ2v) is 8.01. The van der Waals surface area contributed by atoms with Crippen molar-refractivity contribution in [3.05, 3.63) is 59.5 Å². The highest BCUT2D eigenvalue weighted by Crippen LogP contribution is 2.38. The number of unbranched alkanes of at least 4 members (excludes halogenated alkanes) is 2. The molecular weight excluding hydrogens is 388 g/mol. The number of aliphatic hydroxyl groups excluding tert-OH is 1. The van der Waals surface area contributed by atoms with Gasteiger partial charge in [-0.3, -0.25) is 20.0 Å². The Morgan fingerprint density at radius 1 is 1.17 bits per heavy atom. The summed E-state index contributed by atoms with van der Waals surface area (Å²) in [6.07, 6.45) is 7.10. The van der Waals surface area contributed by atoms with E-state index in [2.05, 4.69) is 22.7 Å². The molecule has 2 aliphatic heterocycles. The van der Waals surface area contributed by atoms with Gasteiger partial charge in [0.2, 0.25) is 17.4 Å². The number of aliphatic imine (C=N–C) groups is 1. The molecule has 8 heteroatoms. The highest BCUT2D eigenvalue weighted by molar-refractivity contribution is 8.13. The van der Waals surface area contributed by atoms with E-state index >= 15 is 0 Å². The molecule has 0 bridgehead atoms. The average molecular weight is 410 g/mol. The van der Waals surface area contributed by atoms with Crippen molar-refractivity contribution in [1.82, 2.24) is 10.4 Å². The summed E-state index contributed by atoms with van der Waals surface area (Å²) in [5, 5.41) is 16.5. The number of hydrazine groups is 1. The van der Waals surface area contributed by atoms with Gasteiger partial charge in [-0.05, 0) is 24.6 Å². The molecule has 2 heterocycles. The number of fused-ring (bicyclic) bond motifs is 3. The zero-order chi connectivity index (χ0) is 20.4. The number of ketones is 2. The number of benzene rings is 1. The van der Waals surface area contributed by atoms with Crippen LogP contribution in [0, 0.1) is 0 Å². The standard InChI is InChI=1S/C21H22N4O3S/c1-2-3-6-11-29-21-23-20(28)18-14-7-4-5-8-15(14)22-19(25(18)24-21)13-9-10-16(26)17(27)12-13/h4-5,7-10,12,19,22,28H,2-3,6,11H2,1H3,(H,23,24)/t19-/m0/s1. The Labute approximate surface area is 173 Å². The molecule has 1 aromatic carbocycles. The molecule has 29 heavy (non-hydrogen) atoms. The van der Waals surface area contributed by atoms with E-state index in [0.29, 0.717) is 16.4 Å². The summed E-state index contributed by atoms with van der Waals surface area (Å²) in [5.74, 6) is -0.287. The van der Waals surface area contributed by atoms with Crippen LogP contribution < -0.4 is 10.7 Å². The van der Waals surface area contributed by atoms with Crippen LogP contribution in [-0.4, -0.2) is 38.8 Å². The lowest BCUT2D eigenvalue weighted by molar-refractivity contribution is -0.131. The van der Waals surface area contributed by atoms with Gasteiger partial charge in [-0.1, -0.05) is 55.8 Å². The lowest BCUT2D eigenvalue weighted by Gasteiger charge is -2.43. The molecule has 0 unspecified atom stereocenters. The molecule has 0 radical (unpaired) electrons. The van der Waals surface area contributed by atoms with Crippen LogP contribution in [0.25, 0.3) is 5.70 Å². The second-order valence-electron chi connectivity index (χ2n) is 6.93. The van der Waals surface area contributed by atoms with Gasteiger partial charge in [0.1, 0.15) is 11.9 Å². The fourth-order valence-electron chi connectivity index (χ4n) is 3.42. The molecule has 4 rings (SSSR count).